The first-order chi connectivity index (χ1) is 12.7. The summed E-state index contributed by atoms with van der Waals surface area (Å²) in [6.07, 6.45) is 3.58. The van der Waals surface area contributed by atoms with Crippen molar-refractivity contribution in [1.29, 1.82) is 0 Å². The zero-order valence-electron chi connectivity index (χ0n) is 15.0. The number of halogens is 2. The largest absolute Gasteiger partial charge is 0.508 e. The van der Waals surface area contributed by atoms with Crippen molar-refractivity contribution in [2.75, 3.05) is 19.6 Å². The molecule has 1 aliphatic heterocycles. The van der Waals surface area contributed by atoms with Crippen LogP contribution in [0, 0.1) is 5.41 Å². The maximum atomic E-state index is 12.3. The first-order valence-corrected chi connectivity index (χ1v) is 10.3. The molecule has 1 aromatic rings. The van der Waals surface area contributed by atoms with Crippen LogP contribution in [0.4, 0.5) is 0 Å². The third-order valence-electron chi connectivity index (χ3n) is 5.54. The van der Waals surface area contributed by atoms with Gasteiger partial charge in [-0.15, -0.1) is 0 Å². The van der Waals surface area contributed by atoms with Gasteiger partial charge < -0.3 is 20.8 Å². The molecule has 8 heteroatoms. The second-order valence-corrected chi connectivity index (χ2v) is 9.04. The molecule has 2 aliphatic rings. The van der Waals surface area contributed by atoms with E-state index in [4.69, 9.17) is 11.6 Å². The van der Waals surface area contributed by atoms with Crippen LogP contribution >= 0.6 is 27.5 Å². The Morgan fingerprint density at radius 2 is 2.07 bits per heavy atom. The lowest BCUT2D eigenvalue weighted by Gasteiger charge is -2.54. The predicted octanol–water partition coefficient (Wildman–Crippen LogP) is 2.32. The number of aromatic hydroxyl groups is 1. The highest BCUT2D eigenvalue weighted by Crippen LogP contribution is 2.52. The van der Waals surface area contributed by atoms with Crippen LogP contribution in [-0.4, -0.2) is 47.1 Å². The Bertz CT molecular complexity index is 718. The summed E-state index contributed by atoms with van der Waals surface area (Å²) in [4.78, 5) is 24.4. The molecule has 4 N–H and O–H groups in total. The molecule has 1 aromatic carbocycles. The number of nitrogens with one attached hydrogen (secondary N) is 2. The number of phenolic OH excluding ortho intramolecular Hbond substituents is 1. The minimum atomic E-state index is -1.36. The minimum absolute atomic E-state index is 0.0241. The van der Waals surface area contributed by atoms with Crippen molar-refractivity contribution in [3.8, 4) is 5.75 Å². The van der Waals surface area contributed by atoms with Crippen molar-refractivity contribution in [3.05, 3.63) is 27.2 Å². The fourth-order valence-corrected chi connectivity index (χ4v) is 5.27. The number of phenols is 1. The second-order valence-electron chi connectivity index (χ2n) is 7.77. The lowest BCUT2D eigenvalue weighted by molar-refractivity contribution is -0.171. The van der Waals surface area contributed by atoms with Crippen LogP contribution in [0.5, 0.6) is 5.75 Å². The maximum absolute atomic E-state index is 12.3. The quantitative estimate of drug-likeness (QED) is 0.523. The van der Waals surface area contributed by atoms with Crippen molar-refractivity contribution in [2.45, 2.75) is 44.1 Å². The van der Waals surface area contributed by atoms with Gasteiger partial charge in [-0.2, -0.15) is 0 Å². The number of carbonyl (C=O) groups is 2. The van der Waals surface area contributed by atoms with Crippen LogP contribution in [-0.2, 0) is 16.0 Å². The predicted molar refractivity (Wildman–Crippen MR) is 106 cm³/mol. The van der Waals surface area contributed by atoms with Crippen molar-refractivity contribution in [1.82, 2.24) is 10.6 Å². The monoisotopic (exact) mass is 458 g/mol. The first kappa shape index (κ1) is 20.6. The van der Waals surface area contributed by atoms with Crippen molar-refractivity contribution in [2.24, 2.45) is 5.41 Å². The number of benzene rings is 1. The summed E-state index contributed by atoms with van der Waals surface area (Å²) in [5.41, 5.74) is -0.600. The Labute approximate surface area is 171 Å². The molecule has 0 unspecified atom stereocenters. The average Bonchev–Trinajstić information content (AvgIpc) is 2.58. The van der Waals surface area contributed by atoms with Crippen LogP contribution in [0.3, 0.4) is 0 Å². The Balaban J connectivity index is 1.45. The first-order valence-electron chi connectivity index (χ1n) is 9.13. The number of ketones is 1. The summed E-state index contributed by atoms with van der Waals surface area (Å²) in [5.74, 6) is -0.554. The summed E-state index contributed by atoms with van der Waals surface area (Å²) >= 11 is 9.42. The molecular weight excluding hydrogens is 436 g/mol. The Kier molecular flexibility index (Phi) is 6.15. The average molecular weight is 460 g/mol. The molecule has 1 spiro atoms. The van der Waals surface area contributed by atoms with Gasteiger partial charge in [-0.1, -0.05) is 27.5 Å². The zero-order valence-corrected chi connectivity index (χ0v) is 17.3. The van der Waals surface area contributed by atoms with Crippen LogP contribution in [0.2, 0.25) is 5.02 Å². The fourth-order valence-electron chi connectivity index (χ4n) is 4.21. The molecule has 0 bridgehead atoms. The number of piperidine rings is 1. The van der Waals surface area contributed by atoms with Crippen molar-refractivity contribution >= 4 is 39.2 Å². The number of hydrogen-bond acceptors (Lipinski definition) is 5. The van der Waals surface area contributed by atoms with Gasteiger partial charge in [0.05, 0.1) is 6.54 Å². The summed E-state index contributed by atoms with van der Waals surface area (Å²) in [5, 5.41) is 26.3. The van der Waals surface area contributed by atoms with E-state index in [9.17, 15) is 19.8 Å². The number of Topliss-reactive ketones (excluding diaryl/α,β-unsaturated/α-hetero) is 1. The van der Waals surface area contributed by atoms with Crippen LogP contribution in [0.15, 0.2) is 16.6 Å². The Morgan fingerprint density at radius 1 is 1.33 bits per heavy atom. The van der Waals surface area contributed by atoms with E-state index in [1.807, 2.05) is 0 Å². The number of rotatable bonds is 6. The summed E-state index contributed by atoms with van der Waals surface area (Å²) in [7, 11) is 0. The molecule has 0 radical (unpaired) electrons. The molecule has 1 saturated carbocycles. The van der Waals surface area contributed by atoms with Gasteiger partial charge in [0.1, 0.15) is 11.4 Å². The normalized spacial score (nSPS) is 27.2. The Morgan fingerprint density at radius 3 is 2.70 bits per heavy atom. The lowest BCUT2D eigenvalue weighted by atomic mass is 9.56. The number of carbonyl (C=O) groups excluding carboxylic acids is 2. The van der Waals surface area contributed by atoms with Gasteiger partial charge in [0.2, 0.25) is 0 Å². The standard InChI is InChI=1S/C19H24BrClN2O4/c20-15-6-13(25)7-16(21)14(15)3-2-12(24)8-23-17(26)19(27)9-18(10-19)4-1-5-22-11-18/h6-7,22,25,27H,1-5,8-11H2,(H,23,26). The molecule has 0 aromatic heterocycles. The number of hydrogen-bond donors (Lipinski definition) is 4. The molecule has 148 valence electrons. The third kappa shape index (κ3) is 4.65. The number of aliphatic hydroxyl groups is 1. The summed E-state index contributed by atoms with van der Waals surface area (Å²) < 4.78 is 0.638. The molecule has 6 nitrogen and oxygen atoms in total. The molecule has 27 heavy (non-hydrogen) atoms. The van der Waals surface area contributed by atoms with Gasteiger partial charge >= 0.3 is 0 Å². The highest BCUT2D eigenvalue weighted by Gasteiger charge is 2.57. The molecule has 1 aliphatic carbocycles. The molecule has 2 fully saturated rings. The van der Waals surface area contributed by atoms with E-state index >= 15 is 0 Å². The minimum Gasteiger partial charge on any atom is -0.508 e. The van der Waals surface area contributed by atoms with Crippen molar-refractivity contribution < 1.29 is 19.8 Å². The number of amides is 1. The topological polar surface area (TPSA) is 98.7 Å². The molecule has 1 heterocycles. The van der Waals surface area contributed by atoms with E-state index in [-0.39, 0.29) is 29.9 Å². The van der Waals surface area contributed by atoms with Crippen LogP contribution in [0.1, 0.15) is 37.7 Å². The Hall–Kier alpha value is -1.15. The van der Waals surface area contributed by atoms with E-state index < -0.39 is 11.5 Å². The molecule has 1 saturated heterocycles. The van der Waals surface area contributed by atoms with E-state index in [1.54, 1.807) is 0 Å². The SMILES string of the molecule is O=C(CCc1c(Cl)cc(O)cc1Br)CNC(=O)C1(O)CC2(CCCNC2)C1. The van der Waals surface area contributed by atoms with Gasteiger partial charge in [0.15, 0.2) is 5.78 Å². The van der Waals surface area contributed by atoms with Gasteiger partial charge in [-0.05, 0) is 61.8 Å². The van der Waals surface area contributed by atoms with E-state index in [1.165, 1.54) is 12.1 Å². The highest BCUT2D eigenvalue weighted by molar-refractivity contribution is 9.10. The molecule has 1 amide bonds. The second kappa shape index (κ2) is 8.07. The third-order valence-corrected chi connectivity index (χ3v) is 6.59. The molecular formula is C19H24BrClN2O4. The highest BCUT2D eigenvalue weighted by atomic mass is 79.9. The fraction of sp³-hybridized carbons (Fsp3) is 0.579. The lowest BCUT2D eigenvalue weighted by Crippen LogP contribution is -2.64. The van der Waals surface area contributed by atoms with E-state index in [2.05, 4.69) is 26.6 Å². The smallest absolute Gasteiger partial charge is 0.252 e. The maximum Gasteiger partial charge on any atom is 0.252 e. The van der Waals surface area contributed by atoms with Crippen LogP contribution < -0.4 is 10.6 Å². The summed E-state index contributed by atoms with van der Waals surface area (Å²) in [6.45, 7) is 1.71. The summed E-state index contributed by atoms with van der Waals surface area (Å²) in [6, 6.07) is 2.95. The van der Waals surface area contributed by atoms with Gasteiger partial charge in [0, 0.05) is 22.5 Å². The molecule has 0 atom stereocenters. The van der Waals surface area contributed by atoms with Gasteiger partial charge in [0.25, 0.3) is 5.91 Å². The van der Waals surface area contributed by atoms with E-state index in [0.717, 1.165) is 31.5 Å². The van der Waals surface area contributed by atoms with Gasteiger partial charge in [-0.3, -0.25) is 9.59 Å². The van der Waals surface area contributed by atoms with Gasteiger partial charge in [-0.25, -0.2) is 0 Å². The molecule has 3 rings (SSSR count). The van der Waals surface area contributed by atoms with Crippen molar-refractivity contribution in [3.63, 3.8) is 0 Å². The zero-order chi connectivity index (χ0) is 19.7. The van der Waals surface area contributed by atoms with Crippen LogP contribution in [0.25, 0.3) is 0 Å². The van der Waals surface area contributed by atoms with E-state index in [0.29, 0.717) is 28.8 Å².